The van der Waals surface area contributed by atoms with Crippen LogP contribution in [0, 0.1) is 0 Å². The fourth-order valence-electron chi connectivity index (χ4n) is 2.23. The van der Waals surface area contributed by atoms with Gasteiger partial charge >= 0.3 is 0 Å². The molecule has 5 heteroatoms. The van der Waals surface area contributed by atoms with Crippen LogP contribution in [-0.4, -0.2) is 38.9 Å². The third kappa shape index (κ3) is 2.91. The van der Waals surface area contributed by atoms with Crippen LogP contribution in [0.3, 0.4) is 0 Å². The summed E-state index contributed by atoms with van der Waals surface area (Å²) in [5.41, 5.74) is 1.20. The van der Waals surface area contributed by atoms with Crippen LogP contribution in [0.4, 0.5) is 0 Å². The van der Waals surface area contributed by atoms with Crippen molar-refractivity contribution in [3.05, 3.63) is 29.8 Å². The van der Waals surface area contributed by atoms with E-state index in [0.717, 1.165) is 25.9 Å². The first kappa shape index (κ1) is 13.5. The number of sulfonamides is 1. The third-order valence-corrected chi connectivity index (χ3v) is 5.18. The lowest BCUT2D eigenvalue weighted by Gasteiger charge is -2.24. The van der Waals surface area contributed by atoms with Crippen LogP contribution < -0.4 is 5.32 Å². The summed E-state index contributed by atoms with van der Waals surface area (Å²) < 4.78 is 26.3. The Morgan fingerprint density at radius 1 is 1.17 bits per heavy atom. The van der Waals surface area contributed by atoms with Gasteiger partial charge in [-0.3, -0.25) is 0 Å². The van der Waals surface area contributed by atoms with Crippen molar-refractivity contribution in [2.45, 2.75) is 24.7 Å². The van der Waals surface area contributed by atoms with Crippen molar-refractivity contribution in [3.63, 3.8) is 0 Å². The van der Waals surface area contributed by atoms with Gasteiger partial charge in [0.1, 0.15) is 0 Å². The number of hydrogen-bond donors (Lipinski definition) is 1. The first-order chi connectivity index (χ1) is 8.64. The molecule has 0 aliphatic carbocycles. The third-order valence-electron chi connectivity index (χ3n) is 3.27. The highest BCUT2D eigenvalue weighted by molar-refractivity contribution is 7.89. The zero-order chi connectivity index (χ0) is 13.0. The molecule has 0 aromatic heterocycles. The van der Waals surface area contributed by atoms with Gasteiger partial charge in [-0.1, -0.05) is 25.5 Å². The summed E-state index contributed by atoms with van der Waals surface area (Å²) in [5.74, 6) is 0. The van der Waals surface area contributed by atoms with Crippen molar-refractivity contribution in [3.8, 4) is 0 Å². The number of nitrogens with zero attached hydrogens (tertiary/aromatic N) is 1. The average Bonchev–Trinajstić information content (AvgIpc) is 2.41. The van der Waals surface area contributed by atoms with E-state index in [1.54, 1.807) is 16.4 Å². The van der Waals surface area contributed by atoms with Crippen LogP contribution in [0.15, 0.2) is 29.2 Å². The summed E-state index contributed by atoms with van der Waals surface area (Å²) in [5, 5.41) is 2.15. The minimum Gasteiger partial charge on any atom is -0.344 e. The highest BCUT2D eigenvalue weighted by Gasteiger charge is 2.26. The van der Waals surface area contributed by atoms with Crippen LogP contribution in [0.25, 0.3) is 0 Å². The lowest BCUT2D eigenvalue weighted by Crippen LogP contribution is -2.89. The van der Waals surface area contributed by atoms with Crippen LogP contribution in [0.1, 0.15) is 18.9 Å². The molecule has 1 aliphatic rings. The van der Waals surface area contributed by atoms with Gasteiger partial charge in [0.05, 0.1) is 31.1 Å². The number of piperazine rings is 1. The van der Waals surface area contributed by atoms with E-state index in [2.05, 4.69) is 12.2 Å². The maximum absolute atomic E-state index is 12.4. The SMILES string of the molecule is CCCc1ccc(S(=O)(=O)N2CC[NH2+]CC2)cc1. The van der Waals surface area contributed by atoms with Crippen molar-refractivity contribution in [1.82, 2.24) is 4.31 Å². The summed E-state index contributed by atoms with van der Waals surface area (Å²) in [6.45, 7) is 5.05. The minimum atomic E-state index is -3.28. The van der Waals surface area contributed by atoms with Crippen LogP contribution >= 0.6 is 0 Å². The highest BCUT2D eigenvalue weighted by atomic mass is 32.2. The number of nitrogens with two attached hydrogens (primary N) is 1. The fourth-order valence-corrected chi connectivity index (χ4v) is 3.70. The van der Waals surface area contributed by atoms with E-state index in [1.807, 2.05) is 12.1 Å². The first-order valence-corrected chi connectivity index (χ1v) is 7.99. The molecule has 0 unspecified atom stereocenters. The number of rotatable bonds is 4. The summed E-state index contributed by atoms with van der Waals surface area (Å²) in [4.78, 5) is 0.421. The standard InChI is InChI=1S/C13H20N2O2S/c1-2-3-12-4-6-13(7-5-12)18(16,17)15-10-8-14-9-11-15/h4-7,14H,2-3,8-11H2,1H3/p+1. The van der Waals surface area contributed by atoms with E-state index in [9.17, 15) is 8.42 Å². The Hall–Kier alpha value is -0.910. The molecule has 0 radical (unpaired) electrons. The number of benzene rings is 1. The Balaban J connectivity index is 2.18. The maximum Gasteiger partial charge on any atom is 0.243 e. The van der Waals surface area contributed by atoms with E-state index in [-0.39, 0.29) is 0 Å². The summed E-state index contributed by atoms with van der Waals surface area (Å²) in [7, 11) is -3.28. The van der Waals surface area contributed by atoms with E-state index in [0.29, 0.717) is 18.0 Å². The normalized spacial score (nSPS) is 17.8. The molecule has 0 amide bonds. The van der Waals surface area contributed by atoms with Crippen molar-refractivity contribution in [2.24, 2.45) is 0 Å². The summed E-state index contributed by atoms with van der Waals surface area (Å²) in [6, 6.07) is 7.32. The van der Waals surface area contributed by atoms with Gasteiger partial charge in [0.25, 0.3) is 0 Å². The second-order valence-corrected chi connectivity index (χ2v) is 6.60. The number of quaternary nitrogens is 1. The van der Waals surface area contributed by atoms with Crippen LogP contribution in [0.2, 0.25) is 0 Å². The predicted octanol–water partition coefficient (Wildman–Crippen LogP) is 0.207. The highest BCUT2D eigenvalue weighted by Crippen LogP contribution is 2.16. The Labute approximate surface area is 109 Å². The van der Waals surface area contributed by atoms with Gasteiger partial charge in [-0.25, -0.2) is 8.42 Å². The first-order valence-electron chi connectivity index (χ1n) is 6.55. The Bertz CT molecular complexity index is 476. The molecule has 0 atom stereocenters. The van der Waals surface area contributed by atoms with E-state index < -0.39 is 10.0 Å². The molecular formula is C13H21N2O2S+. The van der Waals surface area contributed by atoms with E-state index in [1.165, 1.54) is 5.56 Å². The predicted molar refractivity (Wildman–Crippen MR) is 70.9 cm³/mol. The largest absolute Gasteiger partial charge is 0.344 e. The zero-order valence-corrected chi connectivity index (χ0v) is 11.6. The monoisotopic (exact) mass is 269 g/mol. The molecular weight excluding hydrogens is 248 g/mol. The van der Waals surface area contributed by atoms with Crippen molar-refractivity contribution in [1.29, 1.82) is 0 Å². The molecule has 1 aromatic carbocycles. The van der Waals surface area contributed by atoms with E-state index in [4.69, 9.17) is 0 Å². The summed E-state index contributed by atoms with van der Waals surface area (Å²) >= 11 is 0. The van der Waals surface area contributed by atoms with Gasteiger partial charge in [0.15, 0.2) is 0 Å². The molecule has 1 aromatic rings. The molecule has 0 saturated carbocycles. The zero-order valence-electron chi connectivity index (χ0n) is 10.8. The lowest BCUT2D eigenvalue weighted by molar-refractivity contribution is -0.661. The van der Waals surface area contributed by atoms with Crippen molar-refractivity contribution >= 4 is 10.0 Å². The van der Waals surface area contributed by atoms with Gasteiger partial charge in [-0.2, -0.15) is 4.31 Å². The molecule has 18 heavy (non-hydrogen) atoms. The molecule has 0 spiro atoms. The lowest BCUT2D eigenvalue weighted by atomic mass is 10.1. The minimum absolute atomic E-state index is 0.421. The molecule has 2 N–H and O–H groups in total. The molecule has 4 nitrogen and oxygen atoms in total. The smallest absolute Gasteiger partial charge is 0.243 e. The maximum atomic E-state index is 12.4. The average molecular weight is 269 g/mol. The van der Waals surface area contributed by atoms with Crippen LogP contribution in [-0.2, 0) is 16.4 Å². The van der Waals surface area contributed by atoms with Crippen LogP contribution in [0.5, 0.6) is 0 Å². The van der Waals surface area contributed by atoms with Gasteiger partial charge in [0.2, 0.25) is 10.0 Å². The van der Waals surface area contributed by atoms with Gasteiger partial charge in [0, 0.05) is 0 Å². The van der Waals surface area contributed by atoms with Crippen molar-refractivity contribution < 1.29 is 13.7 Å². The molecule has 1 saturated heterocycles. The topological polar surface area (TPSA) is 54.0 Å². The second kappa shape index (κ2) is 5.82. The Kier molecular flexibility index (Phi) is 4.37. The number of aryl methyl sites for hydroxylation is 1. The molecule has 1 fully saturated rings. The Morgan fingerprint density at radius 2 is 1.78 bits per heavy atom. The molecule has 100 valence electrons. The summed E-state index contributed by atoms with van der Waals surface area (Å²) in [6.07, 6.45) is 2.08. The van der Waals surface area contributed by atoms with Gasteiger partial charge < -0.3 is 5.32 Å². The second-order valence-electron chi connectivity index (χ2n) is 4.66. The molecule has 1 heterocycles. The molecule has 2 rings (SSSR count). The number of hydrogen-bond acceptors (Lipinski definition) is 2. The van der Waals surface area contributed by atoms with Gasteiger partial charge in [-0.05, 0) is 24.1 Å². The molecule has 1 aliphatic heterocycles. The quantitative estimate of drug-likeness (QED) is 0.849. The van der Waals surface area contributed by atoms with Gasteiger partial charge in [-0.15, -0.1) is 0 Å². The van der Waals surface area contributed by atoms with E-state index >= 15 is 0 Å². The molecule has 0 bridgehead atoms. The fraction of sp³-hybridized carbons (Fsp3) is 0.538. The van der Waals surface area contributed by atoms with Crippen molar-refractivity contribution in [2.75, 3.05) is 26.2 Å². The Morgan fingerprint density at radius 3 is 2.33 bits per heavy atom.